The van der Waals surface area contributed by atoms with Crippen LogP contribution in [0.2, 0.25) is 0 Å². The normalized spacial score (nSPS) is 12.0. The van der Waals surface area contributed by atoms with Crippen LogP contribution in [0.15, 0.2) is 140 Å². The first-order valence-electron chi connectivity index (χ1n) is 16.2. The quantitative estimate of drug-likeness (QED) is 0.169. The molecular formula is C42H34N5OPt-. The predicted molar refractivity (Wildman–Crippen MR) is 197 cm³/mol. The molecule has 0 unspecified atom stereocenters. The summed E-state index contributed by atoms with van der Waals surface area (Å²) in [4.78, 5) is 16.3. The summed E-state index contributed by atoms with van der Waals surface area (Å²) >= 11 is 0. The second-order valence-corrected chi connectivity index (χ2v) is 12.3. The van der Waals surface area contributed by atoms with Crippen LogP contribution in [-0.4, -0.2) is 22.1 Å². The summed E-state index contributed by atoms with van der Waals surface area (Å²) in [7, 11) is 2.08. The van der Waals surface area contributed by atoms with E-state index in [2.05, 4.69) is 108 Å². The van der Waals surface area contributed by atoms with Gasteiger partial charge in [0.05, 0.1) is 17.1 Å². The minimum absolute atomic E-state index is 0. The van der Waals surface area contributed by atoms with E-state index in [4.69, 9.17) is 9.97 Å². The summed E-state index contributed by atoms with van der Waals surface area (Å²) in [6, 6.07) is 48.6. The molecule has 0 amide bonds. The van der Waals surface area contributed by atoms with Crippen LogP contribution in [0.3, 0.4) is 0 Å². The number of fused-ring (bicyclic) bond motifs is 3. The summed E-state index contributed by atoms with van der Waals surface area (Å²) in [6.45, 7) is 4.35. The molecule has 5 aromatic carbocycles. The van der Waals surface area contributed by atoms with Crippen molar-refractivity contribution in [3.8, 4) is 17.0 Å². The zero-order valence-electron chi connectivity index (χ0n) is 27.4. The number of para-hydroxylation sites is 4. The Morgan fingerprint density at radius 3 is 2.02 bits per heavy atom. The summed E-state index contributed by atoms with van der Waals surface area (Å²) in [5.74, 6) is 1.14. The molecule has 0 aliphatic carbocycles. The number of rotatable bonds is 6. The molecular weight excluding hydrogens is 786 g/mol. The van der Waals surface area contributed by atoms with Crippen molar-refractivity contribution < 1.29 is 26.2 Å². The van der Waals surface area contributed by atoms with Crippen LogP contribution in [0.1, 0.15) is 25.3 Å². The van der Waals surface area contributed by atoms with Crippen molar-refractivity contribution in [3.63, 3.8) is 0 Å². The van der Waals surface area contributed by atoms with Gasteiger partial charge in [0.15, 0.2) is 5.75 Å². The van der Waals surface area contributed by atoms with Crippen LogP contribution >= 0.6 is 0 Å². The fraction of sp³-hybridized carbons (Fsp3) is 0.0952. The van der Waals surface area contributed by atoms with E-state index in [9.17, 15) is 5.11 Å². The van der Waals surface area contributed by atoms with Crippen LogP contribution in [0.4, 0.5) is 45.6 Å². The molecule has 0 bridgehead atoms. The van der Waals surface area contributed by atoms with E-state index in [1.807, 2.05) is 72.9 Å². The molecule has 6 nitrogen and oxygen atoms in total. The van der Waals surface area contributed by atoms with Crippen LogP contribution < -0.4 is 14.7 Å². The molecule has 2 aromatic heterocycles. The summed E-state index contributed by atoms with van der Waals surface area (Å²) in [5, 5.41) is 13.0. The van der Waals surface area contributed by atoms with E-state index in [1.54, 1.807) is 0 Å². The Morgan fingerprint density at radius 1 is 0.714 bits per heavy atom. The number of pyridine rings is 2. The van der Waals surface area contributed by atoms with Gasteiger partial charge in [0, 0.05) is 51.1 Å². The van der Waals surface area contributed by atoms with Gasteiger partial charge in [-0.1, -0.05) is 80.6 Å². The Morgan fingerprint density at radius 2 is 1.37 bits per heavy atom. The zero-order chi connectivity index (χ0) is 32.8. The fourth-order valence-electron chi connectivity index (χ4n) is 6.64. The maximum atomic E-state index is 12.1. The second-order valence-electron chi connectivity index (χ2n) is 12.3. The largest absolute Gasteiger partial charge is 0.504 e. The van der Waals surface area contributed by atoms with Crippen molar-refractivity contribution >= 4 is 56.5 Å². The number of aromatic hydroxyl groups is 1. The van der Waals surface area contributed by atoms with Crippen LogP contribution in [-0.2, 0) is 21.1 Å². The van der Waals surface area contributed by atoms with Crippen molar-refractivity contribution in [2.75, 3.05) is 21.7 Å². The summed E-state index contributed by atoms with van der Waals surface area (Å²) in [5.41, 5.74) is 9.80. The van der Waals surface area contributed by atoms with Crippen molar-refractivity contribution in [2.24, 2.45) is 0 Å². The second kappa shape index (κ2) is 13.2. The van der Waals surface area contributed by atoms with E-state index in [0.29, 0.717) is 11.2 Å². The molecule has 49 heavy (non-hydrogen) atoms. The van der Waals surface area contributed by atoms with Gasteiger partial charge in [0.25, 0.3) is 0 Å². The zero-order valence-corrected chi connectivity index (χ0v) is 29.6. The molecule has 1 aliphatic heterocycles. The Hall–Kier alpha value is -5.45. The first kappa shape index (κ1) is 32.1. The molecule has 3 heterocycles. The van der Waals surface area contributed by atoms with Crippen LogP contribution in [0.5, 0.6) is 5.75 Å². The van der Waals surface area contributed by atoms with Gasteiger partial charge in [0.1, 0.15) is 11.3 Å². The number of benzene rings is 5. The molecule has 1 N–H and O–H groups in total. The van der Waals surface area contributed by atoms with Gasteiger partial charge in [-0.05, 0) is 83.1 Å². The van der Waals surface area contributed by atoms with E-state index in [-0.39, 0.29) is 32.7 Å². The molecule has 7 aromatic rings. The Labute approximate surface area is 301 Å². The molecule has 0 saturated heterocycles. The van der Waals surface area contributed by atoms with Gasteiger partial charge in [-0.3, -0.25) is 4.98 Å². The number of phenolic OH excluding ortho intramolecular Hbond substituents is 1. The standard InChI is InChI=1S/C42H34N5O.Pt/c1-28(2)33-27-39(46(30-14-6-4-7-15-30)31-16-8-5-9-17-31)42(48)41-32(33)22-23-34(44-41)29-21-24-36-38(26-29)47(40-20-12-13-25-43-40)37-19-11-10-18-35(37)45(36)3;/h4-25,27-28,48H,1-3H3;/q-1;. The van der Waals surface area contributed by atoms with Gasteiger partial charge in [-0.2, -0.15) is 0 Å². The fourth-order valence-corrected chi connectivity index (χ4v) is 6.64. The average Bonchev–Trinajstić information content (AvgIpc) is 3.14. The first-order valence-corrected chi connectivity index (χ1v) is 16.2. The third kappa shape index (κ3) is 5.62. The monoisotopic (exact) mass is 819 g/mol. The number of nitrogens with zero attached hydrogens (tertiary/aromatic N) is 5. The van der Waals surface area contributed by atoms with E-state index >= 15 is 0 Å². The van der Waals surface area contributed by atoms with Gasteiger partial charge in [-0.15, -0.1) is 23.8 Å². The number of aromatic nitrogens is 2. The molecule has 0 saturated carbocycles. The summed E-state index contributed by atoms with van der Waals surface area (Å²) in [6.07, 6.45) is 1.81. The van der Waals surface area contributed by atoms with E-state index < -0.39 is 0 Å². The Kier molecular flexibility index (Phi) is 8.66. The topological polar surface area (TPSA) is 55.7 Å². The number of phenols is 1. The van der Waals surface area contributed by atoms with E-state index in [1.165, 1.54) is 0 Å². The molecule has 244 valence electrons. The summed E-state index contributed by atoms with van der Waals surface area (Å²) < 4.78 is 0. The molecule has 7 heteroatoms. The molecule has 0 spiro atoms. The molecule has 0 radical (unpaired) electrons. The molecule has 1 aliphatic rings. The number of hydrogen-bond donors (Lipinski definition) is 1. The van der Waals surface area contributed by atoms with Crippen molar-refractivity contribution in [3.05, 3.63) is 151 Å². The molecule has 0 fully saturated rings. The number of anilines is 8. The van der Waals surface area contributed by atoms with Crippen molar-refractivity contribution in [2.45, 2.75) is 19.8 Å². The third-order valence-electron chi connectivity index (χ3n) is 8.98. The van der Waals surface area contributed by atoms with Gasteiger partial charge < -0.3 is 19.8 Å². The predicted octanol–water partition coefficient (Wildman–Crippen LogP) is 10.9. The maximum Gasteiger partial charge on any atom is 0.165 e. The minimum atomic E-state index is 0. The number of hydrogen-bond acceptors (Lipinski definition) is 6. The smallest absolute Gasteiger partial charge is 0.165 e. The Balaban J connectivity index is 0.00000378. The minimum Gasteiger partial charge on any atom is -0.504 e. The first-order chi connectivity index (χ1) is 23.5. The average molecular weight is 820 g/mol. The van der Waals surface area contributed by atoms with Crippen LogP contribution in [0, 0.1) is 6.07 Å². The Bertz CT molecular complexity index is 2220. The molecule has 8 rings (SSSR count). The van der Waals surface area contributed by atoms with Crippen LogP contribution in [0.25, 0.3) is 22.2 Å². The van der Waals surface area contributed by atoms with Crippen molar-refractivity contribution in [1.29, 1.82) is 0 Å². The maximum absolute atomic E-state index is 12.1. The van der Waals surface area contributed by atoms with Gasteiger partial charge in [0.2, 0.25) is 0 Å². The van der Waals surface area contributed by atoms with Gasteiger partial charge in [-0.25, -0.2) is 4.98 Å². The molecule has 0 atom stereocenters. The third-order valence-corrected chi connectivity index (χ3v) is 8.98. The van der Waals surface area contributed by atoms with Crippen molar-refractivity contribution in [1.82, 2.24) is 9.97 Å². The SMILES string of the molecule is CC(C)c1cc(N(c2ccccc2)c2ccccc2)c(O)c2nc(-c3[c-]c4c(cc3)N(C)c3ccccc3N4c3ccccn3)ccc12.[Pt]. The van der Waals surface area contributed by atoms with E-state index in [0.717, 1.165) is 62.1 Å². The van der Waals surface area contributed by atoms with Gasteiger partial charge >= 0.3 is 0 Å².